The Hall–Kier alpha value is -2.27. The lowest BCUT2D eigenvalue weighted by Crippen LogP contribution is -2.48. The molecule has 0 unspecified atom stereocenters. The fourth-order valence-corrected chi connectivity index (χ4v) is 2.64. The molecule has 2 heterocycles. The predicted octanol–water partition coefficient (Wildman–Crippen LogP) is 2.69. The molecule has 1 saturated heterocycles. The standard InChI is InChI=1S/C16H15ClN2O3/c1-22-16(21)14-6-11(7-18-14)15(20)19-8-12(9-19)10-2-4-13(17)5-3-10/h2-7,12,18H,8-9H2,1H3. The smallest absolute Gasteiger partial charge is 0.354 e. The van der Waals surface area contributed by atoms with Gasteiger partial charge in [0.2, 0.25) is 0 Å². The van der Waals surface area contributed by atoms with Crippen LogP contribution < -0.4 is 0 Å². The Morgan fingerprint density at radius 3 is 2.59 bits per heavy atom. The lowest BCUT2D eigenvalue weighted by atomic mass is 9.91. The Balaban J connectivity index is 1.62. The number of carbonyl (C=O) groups is 2. The van der Waals surface area contributed by atoms with E-state index in [4.69, 9.17) is 11.6 Å². The second-order valence-corrected chi connectivity index (χ2v) is 5.69. The molecule has 0 atom stereocenters. The number of nitrogens with one attached hydrogen (secondary N) is 1. The molecule has 0 saturated carbocycles. The van der Waals surface area contributed by atoms with E-state index in [0.717, 1.165) is 0 Å². The summed E-state index contributed by atoms with van der Waals surface area (Å²) >= 11 is 5.87. The number of benzene rings is 1. The van der Waals surface area contributed by atoms with E-state index < -0.39 is 5.97 Å². The summed E-state index contributed by atoms with van der Waals surface area (Å²) in [4.78, 5) is 28.2. The first-order chi connectivity index (χ1) is 10.6. The van der Waals surface area contributed by atoms with E-state index in [-0.39, 0.29) is 11.6 Å². The molecule has 0 spiro atoms. The maximum Gasteiger partial charge on any atom is 0.354 e. The number of nitrogens with zero attached hydrogens (tertiary/aromatic N) is 1. The van der Waals surface area contributed by atoms with Gasteiger partial charge in [-0.25, -0.2) is 4.79 Å². The molecule has 2 aromatic rings. The van der Waals surface area contributed by atoms with E-state index in [1.165, 1.54) is 24.9 Å². The Labute approximate surface area is 132 Å². The van der Waals surface area contributed by atoms with E-state index in [2.05, 4.69) is 9.72 Å². The molecule has 5 nitrogen and oxygen atoms in total. The first-order valence-electron chi connectivity index (χ1n) is 6.90. The zero-order chi connectivity index (χ0) is 15.7. The number of hydrogen-bond acceptors (Lipinski definition) is 3. The molecule has 1 fully saturated rings. The summed E-state index contributed by atoms with van der Waals surface area (Å²) in [6.45, 7) is 1.33. The van der Waals surface area contributed by atoms with Crippen LogP contribution in [0, 0.1) is 0 Å². The third kappa shape index (κ3) is 2.72. The molecule has 1 aliphatic rings. The van der Waals surface area contributed by atoms with Gasteiger partial charge in [-0.2, -0.15) is 0 Å². The molecule has 1 aromatic heterocycles. The summed E-state index contributed by atoms with van der Waals surface area (Å²) in [5.41, 5.74) is 1.92. The van der Waals surface area contributed by atoms with Gasteiger partial charge < -0.3 is 14.6 Å². The van der Waals surface area contributed by atoms with Crippen molar-refractivity contribution in [1.82, 2.24) is 9.88 Å². The van der Waals surface area contributed by atoms with Crippen molar-refractivity contribution >= 4 is 23.5 Å². The van der Waals surface area contributed by atoms with E-state index in [1.54, 1.807) is 4.90 Å². The first-order valence-corrected chi connectivity index (χ1v) is 7.27. The van der Waals surface area contributed by atoms with Gasteiger partial charge in [-0.3, -0.25) is 4.79 Å². The fraction of sp³-hybridized carbons (Fsp3) is 0.250. The maximum atomic E-state index is 12.3. The van der Waals surface area contributed by atoms with Crippen molar-refractivity contribution in [3.05, 3.63) is 58.4 Å². The Morgan fingerprint density at radius 1 is 1.27 bits per heavy atom. The second kappa shape index (κ2) is 5.85. The highest BCUT2D eigenvalue weighted by atomic mass is 35.5. The zero-order valence-corrected chi connectivity index (χ0v) is 12.8. The quantitative estimate of drug-likeness (QED) is 0.885. The number of esters is 1. The summed E-state index contributed by atoms with van der Waals surface area (Å²) in [6, 6.07) is 9.21. The van der Waals surface area contributed by atoms with Crippen LogP contribution in [0.15, 0.2) is 36.5 Å². The van der Waals surface area contributed by atoms with Crippen LogP contribution in [-0.2, 0) is 4.74 Å². The molecule has 3 rings (SSSR count). The van der Waals surface area contributed by atoms with Crippen LogP contribution in [0.3, 0.4) is 0 Å². The summed E-state index contributed by atoms with van der Waals surface area (Å²) in [5, 5.41) is 0.707. The molecule has 0 aliphatic carbocycles. The van der Waals surface area contributed by atoms with Crippen molar-refractivity contribution in [3.63, 3.8) is 0 Å². The normalized spacial score (nSPS) is 14.5. The molecule has 114 valence electrons. The van der Waals surface area contributed by atoms with Crippen LogP contribution in [0.5, 0.6) is 0 Å². The number of likely N-dealkylation sites (tertiary alicyclic amines) is 1. The summed E-state index contributed by atoms with van der Waals surface area (Å²) in [5.74, 6) is -0.237. The first kappa shape index (κ1) is 14.7. The zero-order valence-electron chi connectivity index (χ0n) is 12.0. The van der Waals surface area contributed by atoms with Gasteiger partial charge >= 0.3 is 5.97 Å². The van der Waals surface area contributed by atoms with Gasteiger partial charge in [0.25, 0.3) is 5.91 Å². The van der Waals surface area contributed by atoms with Gasteiger partial charge in [0.15, 0.2) is 0 Å². The van der Waals surface area contributed by atoms with Crippen molar-refractivity contribution in [2.24, 2.45) is 0 Å². The molecule has 22 heavy (non-hydrogen) atoms. The predicted molar refractivity (Wildman–Crippen MR) is 82.2 cm³/mol. The lowest BCUT2D eigenvalue weighted by Gasteiger charge is -2.39. The number of aromatic nitrogens is 1. The van der Waals surface area contributed by atoms with Gasteiger partial charge in [0, 0.05) is 30.2 Å². The minimum Gasteiger partial charge on any atom is -0.464 e. The minimum atomic E-state index is -0.485. The number of methoxy groups -OCH3 is 1. The molecule has 0 radical (unpaired) electrons. The Bertz CT molecular complexity index is 702. The number of H-pyrrole nitrogens is 1. The van der Waals surface area contributed by atoms with E-state index in [1.807, 2.05) is 24.3 Å². The number of rotatable bonds is 3. The fourth-order valence-electron chi connectivity index (χ4n) is 2.52. The largest absolute Gasteiger partial charge is 0.464 e. The van der Waals surface area contributed by atoms with Gasteiger partial charge in [-0.05, 0) is 23.8 Å². The number of amides is 1. The van der Waals surface area contributed by atoms with Crippen molar-refractivity contribution in [3.8, 4) is 0 Å². The number of carbonyl (C=O) groups excluding carboxylic acids is 2. The van der Waals surface area contributed by atoms with E-state index in [9.17, 15) is 9.59 Å². The van der Waals surface area contributed by atoms with Crippen molar-refractivity contribution < 1.29 is 14.3 Å². The van der Waals surface area contributed by atoms with Crippen molar-refractivity contribution in [2.75, 3.05) is 20.2 Å². The third-order valence-corrected chi connectivity index (χ3v) is 4.10. The number of hydrogen-bond donors (Lipinski definition) is 1. The van der Waals surface area contributed by atoms with Gasteiger partial charge in [0.1, 0.15) is 5.69 Å². The second-order valence-electron chi connectivity index (χ2n) is 5.25. The highest BCUT2D eigenvalue weighted by Gasteiger charge is 2.32. The van der Waals surface area contributed by atoms with Crippen LogP contribution in [0.2, 0.25) is 5.02 Å². The average Bonchev–Trinajstić information content (AvgIpc) is 2.96. The number of aromatic amines is 1. The number of ether oxygens (including phenoxy) is 1. The Morgan fingerprint density at radius 2 is 1.95 bits per heavy atom. The molecular formula is C16H15ClN2O3. The lowest BCUT2D eigenvalue weighted by molar-refractivity contribution is 0.0594. The van der Waals surface area contributed by atoms with Gasteiger partial charge in [-0.15, -0.1) is 0 Å². The summed E-state index contributed by atoms with van der Waals surface area (Å²) < 4.78 is 4.61. The minimum absolute atomic E-state index is 0.0865. The molecular weight excluding hydrogens is 304 g/mol. The van der Waals surface area contributed by atoms with E-state index >= 15 is 0 Å². The van der Waals surface area contributed by atoms with E-state index in [0.29, 0.717) is 29.6 Å². The van der Waals surface area contributed by atoms with Crippen LogP contribution in [0.25, 0.3) is 0 Å². The van der Waals surface area contributed by atoms with Crippen LogP contribution >= 0.6 is 11.6 Å². The van der Waals surface area contributed by atoms with Crippen LogP contribution in [0.1, 0.15) is 32.3 Å². The molecule has 1 aromatic carbocycles. The van der Waals surface area contributed by atoms with Crippen LogP contribution in [0.4, 0.5) is 0 Å². The SMILES string of the molecule is COC(=O)c1cc(C(=O)N2CC(c3ccc(Cl)cc3)C2)c[nH]1. The molecule has 1 aliphatic heterocycles. The molecule has 0 bridgehead atoms. The van der Waals surface area contributed by atoms with Crippen molar-refractivity contribution in [1.29, 1.82) is 0 Å². The highest BCUT2D eigenvalue weighted by molar-refractivity contribution is 6.30. The maximum absolute atomic E-state index is 12.3. The summed E-state index contributed by atoms with van der Waals surface area (Å²) in [7, 11) is 1.30. The van der Waals surface area contributed by atoms with Crippen LogP contribution in [-0.4, -0.2) is 42.0 Å². The summed E-state index contributed by atoms with van der Waals surface area (Å²) in [6.07, 6.45) is 1.53. The van der Waals surface area contributed by atoms with Gasteiger partial charge in [0.05, 0.1) is 12.7 Å². The monoisotopic (exact) mass is 318 g/mol. The highest BCUT2D eigenvalue weighted by Crippen LogP contribution is 2.29. The van der Waals surface area contributed by atoms with Gasteiger partial charge in [-0.1, -0.05) is 23.7 Å². The topological polar surface area (TPSA) is 62.4 Å². The Kier molecular flexibility index (Phi) is 3.90. The average molecular weight is 319 g/mol. The molecule has 1 amide bonds. The third-order valence-electron chi connectivity index (χ3n) is 3.85. The van der Waals surface area contributed by atoms with Crippen molar-refractivity contribution in [2.45, 2.75) is 5.92 Å². The molecule has 6 heteroatoms. The molecule has 1 N–H and O–H groups in total. The number of halogens is 1.